The molecule has 6 heteroatoms. The average molecular weight is 290 g/mol. The Labute approximate surface area is 123 Å². The third-order valence-electron chi connectivity index (χ3n) is 4.21. The molecule has 106 valence electrons. The molecule has 1 aromatic heterocycles. The number of hydrogen-bond acceptors (Lipinski definition) is 4. The first-order chi connectivity index (χ1) is 9.66. The summed E-state index contributed by atoms with van der Waals surface area (Å²) in [5, 5.41) is 2.97. The molecule has 3 heterocycles. The maximum atomic E-state index is 11.8. The minimum absolute atomic E-state index is 0.133. The molecular formula is C14H18N4OS. The number of hydrogen-bond donors (Lipinski definition) is 2. The van der Waals surface area contributed by atoms with E-state index in [0.717, 1.165) is 38.0 Å². The lowest BCUT2D eigenvalue weighted by molar-refractivity contribution is -0.124. The van der Waals surface area contributed by atoms with Crippen LogP contribution in [0.3, 0.4) is 0 Å². The van der Waals surface area contributed by atoms with Crippen molar-refractivity contribution in [2.75, 3.05) is 13.1 Å². The zero-order chi connectivity index (χ0) is 14.1. The van der Waals surface area contributed by atoms with E-state index in [1.165, 1.54) is 0 Å². The van der Waals surface area contributed by atoms with E-state index in [2.05, 4.69) is 15.2 Å². The van der Waals surface area contributed by atoms with Gasteiger partial charge in [0, 0.05) is 25.3 Å². The van der Waals surface area contributed by atoms with Gasteiger partial charge in [-0.25, -0.2) is 0 Å². The number of aromatic nitrogens is 1. The van der Waals surface area contributed by atoms with E-state index in [4.69, 9.17) is 18.0 Å². The summed E-state index contributed by atoms with van der Waals surface area (Å²) in [6, 6.07) is 4.20. The number of carbonyl (C=O) groups excluding carboxylic acids is 1. The maximum absolute atomic E-state index is 11.8. The molecule has 2 aliphatic heterocycles. The first-order valence-electron chi connectivity index (χ1n) is 6.92. The van der Waals surface area contributed by atoms with Gasteiger partial charge in [0.25, 0.3) is 0 Å². The van der Waals surface area contributed by atoms with Crippen LogP contribution in [0.1, 0.15) is 24.1 Å². The van der Waals surface area contributed by atoms with Gasteiger partial charge in [0.2, 0.25) is 5.91 Å². The second-order valence-electron chi connectivity index (χ2n) is 5.41. The zero-order valence-corrected chi connectivity index (χ0v) is 12.0. The van der Waals surface area contributed by atoms with Gasteiger partial charge in [-0.3, -0.25) is 14.7 Å². The Hall–Kier alpha value is -1.53. The lowest BCUT2D eigenvalue weighted by Gasteiger charge is -2.36. The molecule has 2 saturated heterocycles. The predicted molar refractivity (Wildman–Crippen MR) is 80.1 cm³/mol. The van der Waals surface area contributed by atoms with Gasteiger partial charge in [-0.1, -0.05) is 18.3 Å². The molecule has 1 amide bonds. The second-order valence-corrected chi connectivity index (χ2v) is 5.85. The van der Waals surface area contributed by atoms with Crippen molar-refractivity contribution in [1.29, 1.82) is 0 Å². The number of likely N-dealkylation sites (tertiary alicyclic amines) is 1. The number of rotatable bonds is 3. The largest absolute Gasteiger partial charge is 0.388 e. The Balaban J connectivity index is 1.81. The number of nitrogens with one attached hydrogen (secondary N) is 1. The minimum atomic E-state index is 0.133. The molecule has 1 aromatic rings. The molecule has 2 aliphatic rings. The molecule has 5 nitrogen and oxygen atoms in total. The fourth-order valence-corrected chi connectivity index (χ4v) is 3.43. The molecule has 3 N–H and O–H groups in total. The third kappa shape index (κ3) is 2.41. The number of piperidine rings is 1. The zero-order valence-electron chi connectivity index (χ0n) is 11.2. The van der Waals surface area contributed by atoms with Crippen LogP contribution in [0.25, 0.3) is 0 Å². The van der Waals surface area contributed by atoms with Crippen molar-refractivity contribution in [3.8, 4) is 0 Å². The first-order valence-corrected chi connectivity index (χ1v) is 7.33. The van der Waals surface area contributed by atoms with E-state index in [1.54, 1.807) is 6.20 Å². The molecule has 0 radical (unpaired) electrons. The lowest BCUT2D eigenvalue weighted by atomic mass is 9.91. The minimum Gasteiger partial charge on any atom is -0.388 e. The number of thiocarbonyl (C=S) groups is 1. The standard InChI is InChI=1S/C14H18N4OS/c15-13(20)12-9(3-1-5-16-12)8-18-6-2-4-10-11(18)7-17-14(10)19/h1,3,5,10-11H,2,4,6-8H2,(H2,15,20)(H,17,19). The molecule has 0 aromatic carbocycles. The summed E-state index contributed by atoms with van der Waals surface area (Å²) >= 11 is 5.06. The highest BCUT2D eigenvalue weighted by Gasteiger charge is 2.40. The van der Waals surface area contributed by atoms with E-state index in [0.29, 0.717) is 10.7 Å². The van der Waals surface area contributed by atoms with Crippen LogP contribution in [-0.4, -0.2) is 39.9 Å². The molecule has 2 unspecified atom stereocenters. The summed E-state index contributed by atoms with van der Waals surface area (Å²) in [7, 11) is 0. The third-order valence-corrected chi connectivity index (χ3v) is 4.41. The highest BCUT2D eigenvalue weighted by atomic mass is 32.1. The van der Waals surface area contributed by atoms with Gasteiger partial charge in [0.05, 0.1) is 5.92 Å². The van der Waals surface area contributed by atoms with Crippen molar-refractivity contribution < 1.29 is 4.79 Å². The van der Waals surface area contributed by atoms with Gasteiger partial charge in [0.15, 0.2) is 0 Å². The van der Waals surface area contributed by atoms with E-state index in [9.17, 15) is 4.79 Å². The highest BCUT2D eigenvalue weighted by Crippen LogP contribution is 2.28. The number of fused-ring (bicyclic) bond motifs is 1. The van der Waals surface area contributed by atoms with Crippen molar-refractivity contribution in [3.05, 3.63) is 29.6 Å². The first kappa shape index (κ1) is 13.5. The predicted octanol–water partition coefficient (Wildman–Crippen LogP) is 0.426. The molecule has 2 atom stereocenters. The quantitative estimate of drug-likeness (QED) is 0.790. The molecular weight excluding hydrogens is 272 g/mol. The van der Waals surface area contributed by atoms with Crippen LogP contribution in [0, 0.1) is 5.92 Å². The van der Waals surface area contributed by atoms with Crippen molar-refractivity contribution >= 4 is 23.1 Å². The summed E-state index contributed by atoms with van der Waals surface area (Å²) in [4.78, 5) is 18.7. The van der Waals surface area contributed by atoms with Crippen LogP contribution in [0.15, 0.2) is 18.3 Å². The fraction of sp³-hybridized carbons (Fsp3) is 0.500. The number of pyridine rings is 1. The van der Waals surface area contributed by atoms with Gasteiger partial charge < -0.3 is 11.1 Å². The van der Waals surface area contributed by atoms with Crippen LogP contribution >= 0.6 is 12.2 Å². The van der Waals surface area contributed by atoms with Gasteiger partial charge in [-0.15, -0.1) is 0 Å². The highest BCUT2D eigenvalue weighted by molar-refractivity contribution is 7.80. The smallest absolute Gasteiger partial charge is 0.224 e. The molecule has 2 fully saturated rings. The normalized spacial score (nSPS) is 26.1. The molecule has 20 heavy (non-hydrogen) atoms. The van der Waals surface area contributed by atoms with E-state index in [-0.39, 0.29) is 17.9 Å². The summed E-state index contributed by atoms with van der Waals surface area (Å²) < 4.78 is 0. The number of amides is 1. The van der Waals surface area contributed by atoms with Gasteiger partial charge in [0.1, 0.15) is 10.7 Å². The second kappa shape index (κ2) is 5.46. The topological polar surface area (TPSA) is 71.2 Å². The van der Waals surface area contributed by atoms with Crippen LogP contribution in [0.5, 0.6) is 0 Å². The number of nitrogens with zero attached hydrogens (tertiary/aromatic N) is 2. The van der Waals surface area contributed by atoms with Crippen molar-refractivity contribution in [2.45, 2.75) is 25.4 Å². The monoisotopic (exact) mass is 290 g/mol. The van der Waals surface area contributed by atoms with Gasteiger partial charge in [-0.2, -0.15) is 0 Å². The molecule has 0 aliphatic carbocycles. The summed E-state index contributed by atoms with van der Waals surface area (Å²) in [5.41, 5.74) is 7.47. The van der Waals surface area contributed by atoms with Crippen LogP contribution in [0.2, 0.25) is 0 Å². The van der Waals surface area contributed by atoms with E-state index >= 15 is 0 Å². The van der Waals surface area contributed by atoms with Crippen LogP contribution < -0.4 is 11.1 Å². The molecule has 3 rings (SSSR count). The molecule has 0 bridgehead atoms. The van der Waals surface area contributed by atoms with Crippen molar-refractivity contribution in [1.82, 2.24) is 15.2 Å². The Morgan fingerprint density at radius 1 is 1.60 bits per heavy atom. The van der Waals surface area contributed by atoms with E-state index in [1.807, 2.05) is 12.1 Å². The summed E-state index contributed by atoms with van der Waals surface area (Å²) in [6.07, 6.45) is 3.75. The van der Waals surface area contributed by atoms with E-state index < -0.39 is 0 Å². The summed E-state index contributed by atoms with van der Waals surface area (Å²) in [6.45, 7) is 2.49. The number of nitrogens with two attached hydrogens (primary N) is 1. The summed E-state index contributed by atoms with van der Waals surface area (Å²) in [5.74, 6) is 0.328. The Bertz CT molecular complexity index is 548. The van der Waals surface area contributed by atoms with Crippen LogP contribution in [-0.2, 0) is 11.3 Å². The Kier molecular flexibility index (Phi) is 3.67. The van der Waals surface area contributed by atoms with Crippen molar-refractivity contribution in [2.24, 2.45) is 11.7 Å². The number of carbonyl (C=O) groups is 1. The average Bonchev–Trinajstić information content (AvgIpc) is 2.82. The Morgan fingerprint density at radius 3 is 3.25 bits per heavy atom. The van der Waals surface area contributed by atoms with Crippen LogP contribution in [0.4, 0.5) is 0 Å². The lowest BCUT2D eigenvalue weighted by Crippen LogP contribution is -2.45. The fourth-order valence-electron chi connectivity index (χ4n) is 3.24. The van der Waals surface area contributed by atoms with Crippen molar-refractivity contribution in [3.63, 3.8) is 0 Å². The van der Waals surface area contributed by atoms with Gasteiger partial charge in [-0.05, 0) is 31.0 Å². The SMILES string of the molecule is NC(=S)c1ncccc1CN1CCCC2C(=O)NCC21. The molecule has 0 saturated carbocycles. The van der Waals surface area contributed by atoms with Gasteiger partial charge >= 0.3 is 0 Å². The Morgan fingerprint density at radius 2 is 2.45 bits per heavy atom. The maximum Gasteiger partial charge on any atom is 0.224 e. The molecule has 0 spiro atoms.